The van der Waals surface area contributed by atoms with E-state index in [9.17, 15) is 5.11 Å². The maximum absolute atomic E-state index is 9.86. The second kappa shape index (κ2) is 8.35. The van der Waals surface area contributed by atoms with E-state index in [1.54, 1.807) is 6.26 Å². The molecule has 0 bridgehead atoms. The zero-order chi connectivity index (χ0) is 14.3. The van der Waals surface area contributed by atoms with Gasteiger partial charge in [0.25, 0.3) is 0 Å². The lowest BCUT2D eigenvalue weighted by Gasteiger charge is -2.19. The molecule has 110 valence electrons. The molecule has 0 radical (unpaired) electrons. The predicted molar refractivity (Wildman–Crippen MR) is 76.0 cm³/mol. The van der Waals surface area contributed by atoms with Crippen LogP contribution in [0.25, 0.3) is 0 Å². The van der Waals surface area contributed by atoms with E-state index in [4.69, 9.17) is 9.15 Å². The first kappa shape index (κ1) is 16.2. The van der Waals surface area contributed by atoms with Gasteiger partial charge < -0.3 is 19.6 Å². The van der Waals surface area contributed by atoms with Gasteiger partial charge in [-0.1, -0.05) is 13.8 Å². The van der Waals surface area contributed by atoms with Crippen molar-refractivity contribution in [3.05, 3.63) is 24.2 Å². The van der Waals surface area contributed by atoms with Gasteiger partial charge in [-0.05, 0) is 38.3 Å². The van der Waals surface area contributed by atoms with Gasteiger partial charge in [0.1, 0.15) is 5.76 Å². The number of furan rings is 1. The second-order valence-electron chi connectivity index (χ2n) is 5.57. The van der Waals surface area contributed by atoms with Crippen molar-refractivity contribution >= 4 is 0 Å². The van der Waals surface area contributed by atoms with E-state index < -0.39 is 6.10 Å². The number of hydrogen-bond acceptors (Lipinski definition) is 4. The summed E-state index contributed by atoms with van der Waals surface area (Å²) in [4.78, 5) is 0. The van der Waals surface area contributed by atoms with Crippen molar-refractivity contribution in [3.63, 3.8) is 0 Å². The average molecular weight is 269 g/mol. The predicted octanol–water partition coefficient (Wildman–Crippen LogP) is 2.74. The Morgan fingerprint density at radius 3 is 2.63 bits per heavy atom. The van der Waals surface area contributed by atoms with Crippen LogP contribution in [0.3, 0.4) is 0 Å². The van der Waals surface area contributed by atoms with Gasteiger partial charge in [0.2, 0.25) is 0 Å². The molecule has 1 aromatic rings. The molecule has 0 aliphatic carbocycles. The molecule has 4 heteroatoms. The molecule has 0 aliphatic rings. The molecule has 0 spiro atoms. The lowest BCUT2D eigenvalue weighted by molar-refractivity contribution is -0.00930. The topological polar surface area (TPSA) is 54.6 Å². The van der Waals surface area contributed by atoms with Gasteiger partial charge in [0.15, 0.2) is 0 Å². The summed E-state index contributed by atoms with van der Waals surface area (Å²) in [6, 6.07) is 3.88. The van der Waals surface area contributed by atoms with E-state index in [0.29, 0.717) is 19.1 Å². The van der Waals surface area contributed by atoms with Gasteiger partial charge in [0, 0.05) is 6.54 Å². The quantitative estimate of drug-likeness (QED) is 0.724. The SMILES string of the molecule is CC(C)CC(C)OCC(O)CN[C@H](C)c1ccco1. The fourth-order valence-electron chi connectivity index (χ4n) is 2.02. The van der Waals surface area contributed by atoms with Crippen LogP contribution in [0.2, 0.25) is 0 Å². The van der Waals surface area contributed by atoms with E-state index >= 15 is 0 Å². The summed E-state index contributed by atoms with van der Waals surface area (Å²) < 4.78 is 10.9. The smallest absolute Gasteiger partial charge is 0.120 e. The van der Waals surface area contributed by atoms with Crippen LogP contribution in [0.1, 0.15) is 45.9 Å². The van der Waals surface area contributed by atoms with Crippen LogP contribution in [0.5, 0.6) is 0 Å². The highest BCUT2D eigenvalue weighted by atomic mass is 16.5. The maximum Gasteiger partial charge on any atom is 0.120 e. The van der Waals surface area contributed by atoms with Gasteiger partial charge in [-0.3, -0.25) is 0 Å². The number of aliphatic hydroxyl groups is 1. The minimum absolute atomic E-state index is 0.0951. The molecule has 0 fully saturated rings. The zero-order valence-electron chi connectivity index (χ0n) is 12.4. The van der Waals surface area contributed by atoms with E-state index in [0.717, 1.165) is 12.2 Å². The number of ether oxygens (including phenoxy) is 1. The Bertz CT molecular complexity index is 324. The van der Waals surface area contributed by atoms with Crippen molar-refractivity contribution in [2.75, 3.05) is 13.2 Å². The first-order valence-corrected chi connectivity index (χ1v) is 7.05. The normalized spacial score (nSPS) is 16.5. The fourth-order valence-corrected chi connectivity index (χ4v) is 2.02. The van der Waals surface area contributed by atoms with Gasteiger partial charge in [0.05, 0.1) is 31.1 Å². The minimum atomic E-state index is -0.493. The average Bonchev–Trinajstić information content (AvgIpc) is 2.86. The number of hydrogen-bond donors (Lipinski definition) is 2. The van der Waals surface area contributed by atoms with Crippen LogP contribution < -0.4 is 5.32 Å². The molecule has 2 N–H and O–H groups in total. The van der Waals surface area contributed by atoms with Gasteiger partial charge in [-0.15, -0.1) is 0 Å². The lowest BCUT2D eigenvalue weighted by Crippen LogP contribution is -2.33. The van der Waals surface area contributed by atoms with Crippen molar-refractivity contribution in [1.82, 2.24) is 5.32 Å². The number of rotatable bonds is 9. The maximum atomic E-state index is 9.86. The fraction of sp³-hybridized carbons (Fsp3) is 0.733. The van der Waals surface area contributed by atoms with E-state index in [2.05, 4.69) is 19.2 Å². The highest BCUT2D eigenvalue weighted by molar-refractivity contribution is 5.02. The summed E-state index contributed by atoms with van der Waals surface area (Å²) in [5, 5.41) is 13.1. The molecule has 1 heterocycles. The van der Waals surface area contributed by atoms with Gasteiger partial charge >= 0.3 is 0 Å². The van der Waals surface area contributed by atoms with E-state index in [-0.39, 0.29) is 12.1 Å². The number of nitrogens with one attached hydrogen (secondary N) is 1. The van der Waals surface area contributed by atoms with Crippen LogP contribution in [0, 0.1) is 5.92 Å². The Morgan fingerprint density at radius 2 is 2.05 bits per heavy atom. The molecule has 1 rings (SSSR count). The van der Waals surface area contributed by atoms with Crippen LogP contribution >= 0.6 is 0 Å². The van der Waals surface area contributed by atoms with Crippen molar-refractivity contribution in [2.45, 2.75) is 52.4 Å². The minimum Gasteiger partial charge on any atom is -0.468 e. The number of aliphatic hydroxyl groups excluding tert-OH is 1. The summed E-state index contributed by atoms with van der Waals surface area (Å²) in [5.41, 5.74) is 0. The molecule has 0 aromatic carbocycles. The first-order chi connectivity index (χ1) is 8.99. The lowest BCUT2D eigenvalue weighted by atomic mass is 10.1. The zero-order valence-corrected chi connectivity index (χ0v) is 12.4. The monoisotopic (exact) mass is 269 g/mol. The Morgan fingerprint density at radius 1 is 1.32 bits per heavy atom. The largest absolute Gasteiger partial charge is 0.468 e. The molecular formula is C15H27NO3. The van der Waals surface area contributed by atoms with Gasteiger partial charge in [-0.2, -0.15) is 0 Å². The molecule has 3 atom stereocenters. The standard InChI is InChI=1S/C15H27NO3/c1-11(2)8-12(3)19-10-14(17)9-16-13(4)15-6-5-7-18-15/h5-7,11-14,16-17H,8-10H2,1-4H3/t12?,13-,14?/m1/s1. The molecule has 0 aliphatic heterocycles. The first-order valence-electron chi connectivity index (χ1n) is 7.05. The van der Waals surface area contributed by atoms with E-state index in [1.807, 2.05) is 26.0 Å². The summed E-state index contributed by atoms with van der Waals surface area (Å²) in [6.07, 6.45) is 2.37. The molecule has 0 saturated heterocycles. The molecule has 4 nitrogen and oxygen atoms in total. The van der Waals surface area contributed by atoms with Crippen LogP contribution in [-0.2, 0) is 4.74 Å². The Labute approximate surface area is 116 Å². The third-order valence-electron chi connectivity index (χ3n) is 3.01. The second-order valence-corrected chi connectivity index (χ2v) is 5.57. The third-order valence-corrected chi connectivity index (χ3v) is 3.01. The Balaban J connectivity index is 2.15. The van der Waals surface area contributed by atoms with Crippen molar-refractivity contribution in [1.29, 1.82) is 0 Å². The van der Waals surface area contributed by atoms with Crippen LogP contribution in [0.4, 0.5) is 0 Å². The summed E-state index contributed by atoms with van der Waals surface area (Å²) in [6.45, 7) is 9.26. The van der Waals surface area contributed by atoms with Crippen LogP contribution in [0.15, 0.2) is 22.8 Å². The van der Waals surface area contributed by atoms with Gasteiger partial charge in [-0.25, -0.2) is 0 Å². The van der Waals surface area contributed by atoms with E-state index in [1.165, 1.54) is 0 Å². The molecular weight excluding hydrogens is 242 g/mol. The molecule has 0 amide bonds. The molecule has 0 saturated carbocycles. The van der Waals surface area contributed by atoms with Crippen molar-refractivity contribution in [3.8, 4) is 0 Å². The van der Waals surface area contributed by atoms with Crippen molar-refractivity contribution < 1.29 is 14.3 Å². The Kier molecular flexibility index (Phi) is 7.13. The van der Waals surface area contributed by atoms with Crippen molar-refractivity contribution in [2.24, 2.45) is 5.92 Å². The Hall–Kier alpha value is -0.840. The van der Waals surface area contributed by atoms with Crippen LogP contribution in [-0.4, -0.2) is 30.5 Å². The summed E-state index contributed by atoms with van der Waals surface area (Å²) in [7, 11) is 0. The third kappa shape index (κ3) is 6.76. The highest BCUT2D eigenvalue weighted by Crippen LogP contribution is 2.12. The summed E-state index contributed by atoms with van der Waals surface area (Å²) >= 11 is 0. The molecule has 2 unspecified atom stereocenters. The summed E-state index contributed by atoms with van der Waals surface area (Å²) in [5.74, 6) is 1.49. The molecule has 1 aromatic heterocycles. The molecule has 19 heavy (non-hydrogen) atoms. The highest BCUT2D eigenvalue weighted by Gasteiger charge is 2.12.